The Hall–Kier alpha value is -0.920. The molecular weight excluding hydrogens is 172 g/mol. The van der Waals surface area contributed by atoms with E-state index in [9.17, 15) is 0 Å². The topological polar surface area (TPSA) is 25.8 Å². The van der Waals surface area contributed by atoms with Crippen molar-refractivity contribution in [2.45, 2.75) is 52.9 Å². The third-order valence-electron chi connectivity index (χ3n) is 2.42. The van der Waals surface area contributed by atoms with Gasteiger partial charge in [0.1, 0.15) is 6.33 Å². The Kier molecular flexibility index (Phi) is 3.25. The van der Waals surface area contributed by atoms with E-state index < -0.39 is 0 Å². The Balaban J connectivity index is 3.34. The summed E-state index contributed by atoms with van der Waals surface area (Å²) in [5.74, 6) is 0. The minimum absolute atomic E-state index is 0.151. The monoisotopic (exact) mass is 192 g/mol. The number of rotatable bonds is 2. The van der Waals surface area contributed by atoms with E-state index in [0.717, 1.165) is 12.8 Å². The van der Waals surface area contributed by atoms with Crippen molar-refractivity contribution in [3.8, 4) is 0 Å². The zero-order valence-electron chi connectivity index (χ0n) is 9.89. The zero-order valence-corrected chi connectivity index (χ0v) is 9.89. The molecule has 1 rings (SSSR count). The van der Waals surface area contributed by atoms with Gasteiger partial charge in [-0.15, -0.1) is 0 Å². The van der Waals surface area contributed by atoms with Crippen LogP contribution in [-0.4, -0.2) is 9.97 Å². The summed E-state index contributed by atoms with van der Waals surface area (Å²) in [5.41, 5.74) is 3.89. The van der Waals surface area contributed by atoms with Crippen molar-refractivity contribution in [3.05, 3.63) is 23.3 Å². The molecule has 0 bridgehead atoms. The molecular formula is C12H20N2. The minimum Gasteiger partial charge on any atom is -0.241 e. The van der Waals surface area contributed by atoms with E-state index in [-0.39, 0.29) is 5.41 Å². The van der Waals surface area contributed by atoms with Crippen LogP contribution in [0.25, 0.3) is 0 Å². The summed E-state index contributed by atoms with van der Waals surface area (Å²) in [6, 6.07) is 0. The third-order valence-corrected chi connectivity index (χ3v) is 2.42. The first-order valence-corrected chi connectivity index (χ1v) is 5.33. The van der Waals surface area contributed by atoms with Gasteiger partial charge >= 0.3 is 0 Å². The average Bonchev–Trinajstić information content (AvgIpc) is 2.15. The van der Waals surface area contributed by atoms with Crippen LogP contribution in [0.3, 0.4) is 0 Å². The molecule has 14 heavy (non-hydrogen) atoms. The largest absolute Gasteiger partial charge is 0.241 e. The van der Waals surface area contributed by atoms with Gasteiger partial charge in [-0.1, -0.05) is 34.6 Å². The molecule has 0 atom stereocenters. The molecule has 0 aliphatic heterocycles. The van der Waals surface area contributed by atoms with Crippen molar-refractivity contribution in [2.24, 2.45) is 0 Å². The molecule has 0 radical (unpaired) electrons. The molecule has 0 aliphatic rings. The fourth-order valence-electron chi connectivity index (χ4n) is 1.87. The molecule has 0 unspecified atom stereocenters. The Labute approximate surface area is 86.8 Å². The lowest BCUT2D eigenvalue weighted by Crippen LogP contribution is -2.19. The second-order valence-corrected chi connectivity index (χ2v) is 4.60. The standard InChI is InChI=1S/C12H20N2/c1-6-9-11(12(3,4)5)10(7-2)14-8-13-9/h8H,6-7H2,1-5H3. The van der Waals surface area contributed by atoms with Crippen LogP contribution in [0.2, 0.25) is 0 Å². The number of aromatic nitrogens is 2. The summed E-state index contributed by atoms with van der Waals surface area (Å²) in [7, 11) is 0. The smallest absolute Gasteiger partial charge is 0.115 e. The third kappa shape index (κ3) is 2.11. The fourth-order valence-corrected chi connectivity index (χ4v) is 1.87. The van der Waals surface area contributed by atoms with Gasteiger partial charge in [-0.05, 0) is 18.3 Å². The van der Waals surface area contributed by atoms with E-state index in [1.54, 1.807) is 6.33 Å². The first kappa shape index (κ1) is 11.2. The molecule has 0 aliphatic carbocycles. The van der Waals surface area contributed by atoms with E-state index in [4.69, 9.17) is 0 Å². The molecule has 0 amide bonds. The summed E-state index contributed by atoms with van der Waals surface area (Å²) < 4.78 is 0. The molecule has 1 heterocycles. The SMILES string of the molecule is CCc1ncnc(CC)c1C(C)(C)C. The predicted octanol–water partition coefficient (Wildman–Crippen LogP) is 2.90. The van der Waals surface area contributed by atoms with Gasteiger partial charge in [0.15, 0.2) is 0 Å². The molecule has 0 saturated carbocycles. The average molecular weight is 192 g/mol. The van der Waals surface area contributed by atoms with Crippen LogP contribution in [0.1, 0.15) is 51.6 Å². The normalized spacial score (nSPS) is 11.8. The van der Waals surface area contributed by atoms with Crippen LogP contribution in [-0.2, 0) is 18.3 Å². The molecule has 0 aromatic carbocycles. The molecule has 78 valence electrons. The first-order chi connectivity index (χ1) is 6.50. The summed E-state index contributed by atoms with van der Waals surface area (Å²) in [6.45, 7) is 11.0. The fraction of sp³-hybridized carbons (Fsp3) is 0.667. The second-order valence-electron chi connectivity index (χ2n) is 4.60. The zero-order chi connectivity index (χ0) is 10.8. The number of hydrogen-bond acceptors (Lipinski definition) is 2. The van der Waals surface area contributed by atoms with Crippen molar-refractivity contribution in [1.82, 2.24) is 9.97 Å². The van der Waals surface area contributed by atoms with E-state index in [2.05, 4.69) is 44.6 Å². The first-order valence-electron chi connectivity index (χ1n) is 5.33. The van der Waals surface area contributed by atoms with Crippen LogP contribution in [0, 0.1) is 0 Å². The van der Waals surface area contributed by atoms with Crippen LogP contribution in [0.4, 0.5) is 0 Å². The van der Waals surface area contributed by atoms with Gasteiger partial charge in [-0.3, -0.25) is 0 Å². The summed E-state index contributed by atoms with van der Waals surface area (Å²) in [4.78, 5) is 8.72. The molecule has 0 fully saturated rings. The second kappa shape index (κ2) is 4.07. The van der Waals surface area contributed by atoms with Crippen molar-refractivity contribution in [2.75, 3.05) is 0 Å². The Morgan fingerprint density at radius 3 is 1.71 bits per heavy atom. The quantitative estimate of drug-likeness (QED) is 0.720. The van der Waals surface area contributed by atoms with Crippen molar-refractivity contribution >= 4 is 0 Å². The van der Waals surface area contributed by atoms with Gasteiger partial charge in [-0.25, -0.2) is 9.97 Å². The molecule has 2 nitrogen and oxygen atoms in total. The molecule has 0 N–H and O–H groups in total. The lowest BCUT2D eigenvalue weighted by molar-refractivity contribution is 0.565. The van der Waals surface area contributed by atoms with E-state index in [0.29, 0.717) is 0 Å². The van der Waals surface area contributed by atoms with Gasteiger partial charge in [0.05, 0.1) is 0 Å². The van der Waals surface area contributed by atoms with Crippen molar-refractivity contribution in [3.63, 3.8) is 0 Å². The highest BCUT2D eigenvalue weighted by Crippen LogP contribution is 2.27. The highest BCUT2D eigenvalue weighted by molar-refractivity contribution is 5.31. The molecule has 2 heteroatoms. The summed E-state index contributed by atoms with van der Waals surface area (Å²) in [6.07, 6.45) is 3.66. The van der Waals surface area contributed by atoms with Crippen LogP contribution in [0.15, 0.2) is 6.33 Å². The molecule has 0 spiro atoms. The summed E-state index contributed by atoms with van der Waals surface area (Å²) >= 11 is 0. The van der Waals surface area contributed by atoms with E-state index >= 15 is 0 Å². The molecule has 1 aromatic heterocycles. The van der Waals surface area contributed by atoms with Crippen LogP contribution < -0.4 is 0 Å². The van der Waals surface area contributed by atoms with Gasteiger partial charge in [0.25, 0.3) is 0 Å². The number of nitrogens with zero attached hydrogens (tertiary/aromatic N) is 2. The lowest BCUT2D eigenvalue weighted by Gasteiger charge is -2.24. The molecule has 1 aromatic rings. The summed E-state index contributed by atoms with van der Waals surface area (Å²) in [5, 5.41) is 0. The van der Waals surface area contributed by atoms with Crippen molar-refractivity contribution in [1.29, 1.82) is 0 Å². The highest BCUT2D eigenvalue weighted by Gasteiger charge is 2.21. The van der Waals surface area contributed by atoms with E-state index in [1.165, 1.54) is 17.0 Å². The van der Waals surface area contributed by atoms with Gasteiger partial charge in [0, 0.05) is 17.0 Å². The Morgan fingerprint density at radius 1 is 1.00 bits per heavy atom. The maximum absolute atomic E-state index is 4.36. The highest BCUT2D eigenvalue weighted by atomic mass is 14.8. The number of aryl methyl sites for hydroxylation is 2. The molecule has 0 saturated heterocycles. The van der Waals surface area contributed by atoms with Crippen molar-refractivity contribution < 1.29 is 0 Å². The van der Waals surface area contributed by atoms with E-state index in [1.807, 2.05) is 0 Å². The minimum atomic E-state index is 0.151. The van der Waals surface area contributed by atoms with Gasteiger partial charge in [0.2, 0.25) is 0 Å². The maximum Gasteiger partial charge on any atom is 0.115 e. The predicted molar refractivity (Wildman–Crippen MR) is 59.5 cm³/mol. The lowest BCUT2D eigenvalue weighted by atomic mass is 9.83. The maximum atomic E-state index is 4.36. The van der Waals surface area contributed by atoms with Crippen LogP contribution in [0.5, 0.6) is 0 Å². The Morgan fingerprint density at radius 2 is 1.43 bits per heavy atom. The van der Waals surface area contributed by atoms with Gasteiger partial charge < -0.3 is 0 Å². The Bertz CT molecular complexity index is 288. The number of hydrogen-bond donors (Lipinski definition) is 0. The van der Waals surface area contributed by atoms with Gasteiger partial charge in [-0.2, -0.15) is 0 Å². The van der Waals surface area contributed by atoms with Crippen LogP contribution >= 0.6 is 0 Å².